The first-order valence-electron chi connectivity index (χ1n) is 11.1. The number of allylic oxidation sites excluding steroid dienone is 2. The lowest BCUT2D eigenvalue weighted by molar-refractivity contribution is -0.137. The number of benzene rings is 1. The van der Waals surface area contributed by atoms with E-state index in [2.05, 4.69) is 29.2 Å². The minimum Gasteiger partial charge on any atom is -0.481 e. The molecule has 29 heavy (non-hydrogen) atoms. The van der Waals surface area contributed by atoms with Crippen molar-refractivity contribution in [2.75, 3.05) is 13.1 Å². The van der Waals surface area contributed by atoms with Crippen LogP contribution in [0.25, 0.3) is 0 Å². The monoisotopic (exact) mass is 401 g/mol. The zero-order chi connectivity index (χ0) is 20.5. The van der Waals surface area contributed by atoms with Crippen molar-refractivity contribution in [2.45, 2.75) is 76.2 Å². The maximum absolute atomic E-state index is 10.9. The van der Waals surface area contributed by atoms with Crippen LogP contribution < -0.4 is 0 Å². The van der Waals surface area contributed by atoms with Gasteiger partial charge in [-0.3, -0.25) is 9.69 Å². The molecule has 1 saturated heterocycles. The Hall–Kier alpha value is -1.69. The number of aliphatic hydroxyl groups excluding tert-OH is 1. The number of hydrogen-bond acceptors (Lipinski definition) is 4. The highest BCUT2D eigenvalue weighted by Crippen LogP contribution is 2.37. The van der Waals surface area contributed by atoms with Crippen LogP contribution in [0.15, 0.2) is 42.5 Å². The second kappa shape index (κ2) is 11.5. The first kappa shape index (κ1) is 22.0. The fraction of sp³-hybridized carbons (Fsp3) is 0.625. The fourth-order valence-electron chi connectivity index (χ4n) is 4.79. The summed E-state index contributed by atoms with van der Waals surface area (Å²) in [6, 6.07) is 10.4. The van der Waals surface area contributed by atoms with Crippen molar-refractivity contribution in [2.24, 2.45) is 5.92 Å². The number of carboxylic acid groups (broad SMARTS) is 1. The van der Waals surface area contributed by atoms with Gasteiger partial charge in [0.1, 0.15) is 0 Å². The summed E-state index contributed by atoms with van der Waals surface area (Å²) in [7, 11) is 0. The molecule has 1 saturated carbocycles. The maximum atomic E-state index is 10.9. The van der Waals surface area contributed by atoms with E-state index in [1.165, 1.54) is 19.3 Å². The lowest BCUT2D eigenvalue weighted by Crippen LogP contribution is -2.47. The van der Waals surface area contributed by atoms with Gasteiger partial charge in [0.2, 0.25) is 0 Å². The van der Waals surface area contributed by atoms with Crippen LogP contribution in [0.4, 0.5) is 0 Å². The quantitative estimate of drug-likeness (QED) is 0.458. The molecule has 5 nitrogen and oxygen atoms in total. The highest BCUT2D eigenvalue weighted by Gasteiger charge is 2.45. The predicted molar refractivity (Wildman–Crippen MR) is 114 cm³/mol. The minimum atomic E-state index is -0.739. The van der Waals surface area contributed by atoms with Crippen molar-refractivity contribution >= 4 is 5.97 Å². The zero-order valence-corrected chi connectivity index (χ0v) is 17.3. The Morgan fingerprint density at radius 1 is 1.14 bits per heavy atom. The summed E-state index contributed by atoms with van der Waals surface area (Å²) >= 11 is 0. The number of piperidine rings is 1. The number of nitrogens with zero attached hydrogens (tertiary/aromatic N) is 1. The highest BCUT2D eigenvalue weighted by atomic mass is 16.5. The molecule has 2 aliphatic rings. The average molecular weight is 402 g/mol. The van der Waals surface area contributed by atoms with Crippen molar-refractivity contribution in [3.63, 3.8) is 0 Å². The molecule has 3 rings (SSSR count). The third kappa shape index (κ3) is 6.66. The lowest BCUT2D eigenvalue weighted by Gasteiger charge is -2.37. The molecule has 0 spiro atoms. The molecule has 1 aromatic carbocycles. The van der Waals surface area contributed by atoms with E-state index in [4.69, 9.17) is 9.84 Å². The normalized spacial score (nSPS) is 28.2. The molecule has 1 heterocycles. The van der Waals surface area contributed by atoms with Gasteiger partial charge in [-0.15, -0.1) is 0 Å². The van der Waals surface area contributed by atoms with E-state index in [9.17, 15) is 9.90 Å². The third-order valence-corrected chi connectivity index (χ3v) is 6.24. The van der Waals surface area contributed by atoms with Crippen LogP contribution in [0, 0.1) is 5.92 Å². The summed E-state index contributed by atoms with van der Waals surface area (Å²) in [5.41, 5.74) is 1.16. The number of carboxylic acids is 1. The molecule has 0 radical (unpaired) electrons. The van der Waals surface area contributed by atoms with Gasteiger partial charge in [0.25, 0.3) is 0 Å². The van der Waals surface area contributed by atoms with E-state index < -0.39 is 5.97 Å². The molecular weight excluding hydrogens is 366 g/mol. The second-order valence-electron chi connectivity index (χ2n) is 8.38. The Labute approximate surface area is 174 Å². The molecule has 5 heteroatoms. The summed E-state index contributed by atoms with van der Waals surface area (Å²) in [5.74, 6) is -0.473. The Bertz CT molecular complexity index is 642. The number of rotatable bonds is 10. The molecule has 4 atom stereocenters. The topological polar surface area (TPSA) is 70.0 Å². The lowest BCUT2D eigenvalue weighted by atomic mass is 9.93. The minimum absolute atomic E-state index is 0.0424. The van der Waals surface area contributed by atoms with E-state index in [-0.39, 0.29) is 30.6 Å². The first-order valence-corrected chi connectivity index (χ1v) is 11.1. The van der Waals surface area contributed by atoms with E-state index in [0.29, 0.717) is 19.4 Å². The molecule has 0 aromatic heterocycles. The van der Waals surface area contributed by atoms with E-state index in [1.54, 1.807) is 0 Å². The highest BCUT2D eigenvalue weighted by molar-refractivity contribution is 5.66. The molecule has 0 bridgehead atoms. The van der Waals surface area contributed by atoms with Crippen LogP contribution in [-0.2, 0) is 16.1 Å². The smallest absolute Gasteiger partial charge is 0.303 e. The van der Waals surface area contributed by atoms with Gasteiger partial charge in [0.05, 0.1) is 18.8 Å². The van der Waals surface area contributed by atoms with Crippen molar-refractivity contribution < 1.29 is 19.7 Å². The SMILES string of the molecule is O=C(O)CCCC=CC[C@@H]1[C@@H](N2CCCCC2)[C@H](O)C[C@@H]1OCc1ccccc1. The van der Waals surface area contributed by atoms with Crippen LogP contribution in [0.1, 0.15) is 56.9 Å². The largest absolute Gasteiger partial charge is 0.481 e. The second-order valence-corrected chi connectivity index (χ2v) is 8.38. The number of ether oxygens (including phenoxy) is 1. The number of aliphatic carboxylic acids is 1. The summed E-state index contributed by atoms with van der Waals surface area (Å²) in [6.45, 7) is 2.70. The fourth-order valence-corrected chi connectivity index (χ4v) is 4.79. The number of unbranched alkanes of at least 4 members (excludes halogenated alkanes) is 1. The van der Waals surface area contributed by atoms with Gasteiger partial charge < -0.3 is 14.9 Å². The Kier molecular flexibility index (Phi) is 8.71. The number of hydrogen-bond donors (Lipinski definition) is 2. The molecule has 0 amide bonds. The van der Waals surface area contributed by atoms with Crippen LogP contribution in [0.2, 0.25) is 0 Å². The number of carbonyl (C=O) groups is 1. The molecule has 2 N–H and O–H groups in total. The predicted octanol–water partition coefficient (Wildman–Crippen LogP) is 4.01. The van der Waals surface area contributed by atoms with Gasteiger partial charge in [-0.1, -0.05) is 48.9 Å². The zero-order valence-electron chi connectivity index (χ0n) is 17.3. The molecule has 2 fully saturated rings. The van der Waals surface area contributed by atoms with Crippen LogP contribution in [0.5, 0.6) is 0 Å². The van der Waals surface area contributed by atoms with Gasteiger partial charge in [-0.2, -0.15) is 0 Å². The van der Waals surface area contributed by atoms with Gasteiger partial charge in [0.15, 0.2) is 0 Å². The molecule has 0 unspecified atom stereocenters. The van der Waals surface area contributed by atoms with Crippen LogP contribution >= 0.6 is 0 Å². The van der Waals surface area contributed by atoms with Crippen molar-refractivity contribution in [3.05, 3.63) is 48.0 Å². The third-order valence-electron chi connectivity index (χ3n) is 6.24. The van der Waals surface area contributed by atoms with Crippen molar-refractivity contribution in [1.82, 2.24) is 4.90 Å². The van der Waals surface area contributed by atoms with Crippen LogP contribution in [-0.4, -0.2) is 52.4 Å². The maximum Gasteiger partial charge on any atom is 0.303 e. The summed E-state index contributed by atoms with van der Waals surface area (Å²) in [5, 5.41) is 19.6. The summed E-state index contributed by atoms with van der Waals surface area (Å²) in [6.07, 6.45) is 10.9. The van der Waals surface area contributed by atoms with E-state index in [1.807, 2.05) is 18.2 Å². The first-order chi connectivity index (χ1) is 14.1. The number of aliphatic hydroxyl groups is 1. The van der Waals surface area contributed by atoms with Gasteiger partial charge in [-0.05, 0) is 50.8 Å². The molecule has 1 aliphatic carbocycles. The van der Waals surface area contributed by atoms with Gasteiger partial charge in [-0.25, -0.2) is 0 Å². The Morgan fingerprint density at radius 3 is 2.62 bits per heavy atom. The van der Waals surface area contributed by atoms with Crippen LogP contribution in [0.3, 0.4) is 0 Å². The Morgan fingerprint density at radius 2 is 1.90 bits per heavy atom. The van der Waals surface area contributed by atoms with E-state index in [0.717, 1.165) is 31.5 Å². The van der Waals surface area contributed by atoms with Crippen molar-refractivity contribution in [1.29, 1.82) is 0 Å². The number of likely N-dealkylation sites (tertiary alicyclic amines) is 1. The van der Waals surface area contributed by atoms with Gasteiger partial charge >= 0.3 is 5.97 Å². The standard InChI is InChI=1S/C24H35NO4/c26-21-17-22(29-18-19-11-5-3-6-12-19)20(13-7-1-2-8-14-23(27)28)24(21)25-15-9-4-10-16-25/h1,3,5-7,11-12,20-22,24,26H,2,4,8-10,13-18H2,(H,27,28)/t20-,21+,22-,24+/m0/s1. The average Bonchev–Trinajstić information content (AvgIpc) is 3.05. The molecule has 160 valence electrons. The molecule has 1 aromatic rings. The van der Waals surface area contributed by atoms with E-state index >= 15 is 0 Å². The Balaban J connectivity index is 1.61. The molecule has 1 aliphatic heterocycles. The van der Waals surface area contributed by atoms with Gasteiger partial charge in [0, 0.05) is 24.8 Å². The summed E-state index contributed by atoms with van der Waals surface area (Å²) in [4.78, 5) is 13.1. The summed E-state index contributed by atoms with van der Waals surface area (Å²) < 4.78 is 6.30. The van der Waals surface area contributed by atoms with Crippen molar-refractivity contribution in [3.8, 4) is 0 Å². The molecular formula is C24H35NO4.